The minimum Gasteiger partial charge on any atom is -0.865 e. The second-order valence-electron chi connectivity index (χ2n) is 4.13. The van der Waals surface area contributed by atoms with E-state index in [9.17, 15) is 20.0 Å². The van der Waals surface area contributed by atoms with Crippen LogP contribution in [0.3, 0.4) is 0 Å². The molecule has 0 unspecified atom stereocenters. The molecule has 0 bridgehead atoms. The summed E-state index contributed by atoms with van der Waals surface area (Å²) >= 11 is 3.06. The molecule has 2 N–H and O–H groups in total. The molecule has 1 heterocycles. The van der Waals surface area contributed by atoms with Crippen molar-refractivity contribution in [3.63, 3.8) is 0 Å². The average Bonchev–Trinajstić information content (AvgIpc) is 2.52. The van der Waals surface area contributed by atoms with Gasteiger partial charge >= 0.3 is 0 Å². The van der Waals surface area contributed by atoms with E-state index in [4.69, 9.17) is 4.74 Å². The molecule has 0 spiro atoms. The molecule has 0 radical (unpaired) electrons. The standard InChI is InChI=1S/C12H10BrN5O5/c1-23-9-3-6(2-8(11(9)19)18(21)22)4-14-16-7-5-15-17-12(20)10(7)13/h2-5,19H,1H3,(H2,16,17,20)/p-1/b14-4+. The van der Waals surface area contributed by atoms with Crippen molar-refractivity contribution >= 4 is 33.5 Å². The number of benzene rings is 1. The van der Waals surface area contributed by atoms with Crippen molar-refractivity contribution in [1.82, 2.24) is 10.2 Å². The average molecular weight is 383 g/mol. The highest BCUT2D eigenvalue weighted by molar-refractivity contribution is 9.10. The van der Waals surface area contributed by atoms with Crippen LogP contribution in [0.15, 0.2) is 32.7 Å². The van der Waals surface area contributed by atoms with Crippen LogP contribution in [0, 0.1) is 10.1 Å². The van der Waals surface area contributed by atoms with E-state index < -0.39 is 21.9 Å². The van der Waals surface area contributed by atoms with Gasteiger partial charge in [0.1, 0.15) is 10.2 Å². The SMILES string of the molecule is COc1cc(/C=N/Nc2cn[nH]c(=O)c2Br)cc([N+](=O)[O-])c1[O-]. The van der Waals surface area contributed by atoms with Gasteiger partial charge < -0.3 is 9.84 Å². The maximum absolute atomic E-state index is 11.7. The van der Waals surface area contributed by atoms with E-state index in [2.05, 4.69) is 36.7 Å². The third kappa shape index (κ3) is 3.63. The van der Waals surface area contributed by atoms with Crippen LogP contribution in [-0.4, -0.2) is 28.4 Å². The van der Waals surface area contributed by atoms with Gasteiger partial charge in [-0.25, -0.2) is 5.10 Å². The fourth-order valence-corrected chi connectivity index (χ4v) is 1.89. The van der Waals surface area contributed by atoms with E-state index in [0.717, 1.165) is 6.07 Å². The lowest BCUT2D eigenvalue weighted by molar-refractivity contribution is -0.398. The normalized spacial score (nSPS) is 10.7. The number of H-pyrrole nitrogens is 1. The number of hydrogen-bond acceptors (Lipinski definition) is 8. The predicted octanol–water partition coefficient (Wildman–Crippen LogP) is 0.969. The van der Waals surface area contributed by atoms with Crippen LogP contribution < -0.4 is 20.8 Å². The number of hydrazone groups is 1. The van der Waals surface area contributed by atoms with Crippen LogP contribution in [-0.2, 0) is 0 Å². The molecule has 120 valence electrons. The highest BCUT2D eigenvalue weighted by Crippen LogP contribution is 2.33. The van der Waals surface area contributed by atoms with Gasteiger partial charge in [0.05, 0.1) is 30.1 Å². The third-order valence-corrected chi connectivity index (χ3v) is 3.46. The molecular weight excluding hydrogens is 374 g/mol. The first-order chi connectivity index (χ1) is 10.9. The van der Waals surface area contributed by atoms with Crippen LogP contribution in [0.2, 0.25) is 0 Å². The van der Waals surface area contributed by atoms with Gasteiger partial charge in [-0.05, 0) is 22.0 Å². The Bertz CT molecular complexity index is 835. The third-order valence-electron chi connectivity index (χ3n) is 2.67. The van der Waals surface area contributed by atoms with Crippen molar-refractivity contribution in [1.29, 1.82) is 0 Å². The Hall–Kier alpha value is -2.95. The monoisotopic (exact) mass is 382 g/mol. The zero-order valence-electron chi connectivity index (χ0n) is 11.6. The molecule has 1 aromatic heterocycles. The maximum Gasteiger partial charge on any atom is 0.280 e. The van der Waals surface area contributed by atoms with Crippen molar-refractivity contribution in [2.45, 2.75) is 0 Å². The van der Waals surface area contributed by atoms with Crippen LogP contribution in [0.4, 0.5) is 11.4 Å². The number of anilines is 1. The smallest absolute Gasteiger partial charge is 0.280 e. The summed E-state index contributed by atoms with van der Waals surface area (Å²) in [6.07, 6.45) is 2.56. The summed E-state index contributed by atoms with van der Waals surface area (Å²) in [7, 11) is 1.23. The van der Waals surface area contributed by atoms with Crippen LogP contribution >= 0.6 is 15.9 Å². The number of halogens is 1. The van der Waals surface area contributed by atoms with Gasteiger partial charge in [0.15, 0.2) is 0 Å². The van der Waals surface area contributed by atoms with Crippen LogP contribution in [0.1, 0.15) is 5.56 Å². The molecule has 0 amide bonds. The summed E-state index contributed by atoms with van der Waals surface area (Å²) < 4.78 is 5.01. The Balaban J connectivity index is 2.29. The Labute approximate surface area is 137 Å². The van der Waals surface area contributed by atoms with Crippen molar-refractivity contribution < 1.29 is 14.8 Å². The Morgan fingerprint density at radius 1 is 1.52 bits per heavy atom. The first-order valence-corrected chi connectivity index (χ1v) is 6.79. The minimum atomic E-state index is -0.816. The van der Waals surface area contributed by atoms with Crippen molar-refractivity contribution in [3.8, 4) is 11.5 Å². The van der Waals surface area contributed by atoms with Crippen molar-refractivity contribution in [2.75, 3.05) is 12.5 Å². The molecule has 0 atom stereocenters. The number of nitrogens with zero attached hydrogens (tertiary/aromatic N) is 3. The summed E-state index contributed by atoms with van der Waals surface area (Å²) in [5.41, 5.74) is 2.06. The second-order valence-corrected chi connectivity index (χ2v) is 4.92. The van der Waals surface area contributed by atoms with Crippen LogP contribution in [0.25, 0.3) is 0 Å². The summed E-state index contributed by atoms with van der Waals surface area (Å²) in [4.78, 5) is 21.4. The van der Waals surface area contributed by atoms with Gasteiger partial charge in [-0.2, -0.15) is 10.2 Å². The number of nitrogens with one attached hydrogen (secondary N) is 2. The van der Waals surface area contributed by atoms with Crippen molar-refractivity contribution in [2.24, 2.45) is 5.10 Å². The van der Waals surface area contributed by atoms with Gasteiger partial charge in [-0.15, -0.1) is 0 Å². The fourth-order valence-electron chi connectivity index (χ4n) is 1.61. The molecule has 0 saturated heterocycles. The van der Waals surface area contributed by atoms with Gasteiger partial charge in [-0.1, -0.05) is 0 Å². The number of aromatic amines is 1. The number of nitro benzene ring substituents is 1. The topological polar surface area (TPSA) is 146 Å². The van der Waals surface area contributed by atoms with E-state index >= 15 is 0 Å². The lowest BCUT2D eigenvalue weighted by Gasteiger charge is -2.13. The minimum absolute atomic E-state index is 0.167. The van der Waals surface area contributed by atoms with Crippen LogP contribution in [0.5, 0.6) is 11.5 Å². The quantitative estimate of drug-likeness (QED) is 0.444. The number of aromatic nitrogens is 2. The highest BCUT2D eigenvalue weighted by Gasteiger charge is 2.12. The lowest BCUT2D eigenvalue weighted by Crippen LogP contribution is -2.10. The lowest BCUT2D eigenvalue weighted by atomic mass is 10.2. The molecule has 10 nitrogen and oxygen atoms in total. The predicted molar refractivity (Wildman–Crippen MR) is 82.9 cm³/mol. The number of methoxy groups -OCH3 is 1. The summed E-state index contributed by atoms with van der Waals surface area (Å²) in [6.45, 7) is 0. The van der Waals surface area contributed by atoms with Gasteiger partial charge in [0.25, 0.3) is 11.2 Å². The van der Waals surface area contributed by atoms with Gasteiger partial charge in [0.2, 0.25) is 0 Å². The molecule has 0 saturated carbocycles. The Morgan fingerprint density at radius 2 is 2.26 bits per heavy atom. The largest absolute Gasteiger partial charge is 0.865 e. The second kappa shape index (κ2) is 6.87. The molecular formula is C12H9BrN5O5-. The summed E-state index contributed by atoms with van der Waals surface area (Å²) in [5, 5.41) is 32.2. The van der Waals surface area contributed by atoms with Crippen molar-refractivity contribution in [3.05, 3.63) is 48.8 Å². The zero-order valence-corrected chi connectivity index (χ0v) is 13.2. The molecule has 11 heteroatoms. The molecule has 1 aromatic carbocycles. The molecule has 0 fully saturated rings. The Kier molecular flexibility index (Phi) is 4.91. The first-order valence-electron chi connectivity index (χ1n) is 5.99. The fraction of sp³-hybridized carbons (Fsp3) is 0.0833. The first kappa shape index (κ1) is 16.4. The number of ether oxygens (including phenoxy) is 1. The number of rotatable bonds is 5. The molecule has 2 rings (SSSR count). The summed E-state index contributed by atoms with van der Waals surface area (Å²) in [6, 6.07) is 2.38. The Morgan fingerprint density at radius 3 is 2.91 bits per heavy atom. The molecule has 2 aromatic rings. The van der Waals surface area contributed by atoms with E-state index in [-0.39, 0.29) is 15.8 Å². The number of nitro groups is 1. The van der Waals surface area contributed by atoms with E-state index in [0.29, 0.717) is 5.69 Å². The molecule has 23 heavy (non-hydrogen) atoms. The zero-order chi connectivity index (χ0) is 17.0. The van der Waals surface area contributed by atoms with E-state index in [1.54, 1.807) is 0 Å². The van der Waals surface area contributed by atoms with E-state index in [1.807, 2.05) is 0 Å². The molecule has 0 aliphatic heterocycles. The molecule has 0 aliphatic carbocycles. The van der Waals surface area contributed by atoms with Gasteiger partial charge in [0, 0.05) is 17.4 Å². The highest BCUT2D eigenvalue weighted by atomic mass is 79.9. The number of hydrogen-bond donors (Lipinski definition) is 2. The summed E-state index contributed by atoms with van der Waals surface area (Å²) in [5.74, 6) is -0.983. The van der Waals surface area contributed by atoms with E-state index in [1.165, 1.54) is 25.6 Å². The van der Waals surface area contributed by atoms with Gasteiger partial charge in [-0.3, -0.25) is 20.3 Å². The molecule has 0 aliphatic rings. The maximum atomic E-state index is 11.7.